The van der Waals surface area contributed by atoms with E-state index in [1.807, 2.05) is 44.2 Å². The van der Waals surface area contributed by atoms with Crippen LogP contribution in [0, 0.1) is 0 Å². The van der Waals surface area contributed by atoms with Crippen molar-refractivity contribution in [1.82, 2.24) is 4.90 Å². The molecule has 1 heterocycles. The number of sulfone groups is 1. The van der Waals surface area contributed by atoms with E-state index in [4.69, 9.17) is 9.47 Å². The summed E-state index contributed by atoms with van der Waals surface area (Å²) < 4.78 is 35.5. The molecule has 0 N–H and O–H groups in total. The van der Waals surface area contributed by atoms with Crippen molar-refractivity contribution in [3.63, 3.8) is 0 Å². The lowest BCUT2D eigenvalue weighted by molar-refractivity contribution is 0.0676. The molecule has 3 rings (SSSR count). The molecule has 1 amide bonds. The quantitative estimate of drug-likeness (QED) is 0.605. The van der Waals surface area contributed by atoms with E-state index in [-0.39, 0.29) is 23.5 Å². The number of amides is 1. The molecule has 1 saturated heterocycles. The Hall–Kier alpha value is -2.54. The highest BCUT2D eigenvalue weighted by molar-refractivity contribution is 7.91. The van der Waals surface area contributed by atoms with Crippen molar-refractivity contribution in [2.45, 2.75) is 39.3 Å². The molecule has 1 atom stereocenters. The van der Waals surface area contributed by atoms with Gasteiger partial charge in [-0.1, -0.05) is 31.2 Å². The molecule has 0 bridgehead atoms. The third-order valence-electron chi connectivity index (χ3n) is 5.08. The first-order valence-electron chi connectivity index (χ1n) is 10.4. The summed E-state index contributed by atoms with van der Waals surface area (Å²) in [7, 11) is -3.13. The maximum atomic E-state index is 13.5. The molecule has 0 saturated carbocycles. The van der Waals surface area contributed by atoms with Crippen LogP contribution in [0.2, 0.25) is 0 Å². The Labute approximate surface area is 178 Å². The molecule has 1 aliphatic heterocycles. The Morgan fingerprint density at radius 1 is 1.07 bits per heavy atom. The van der Waals surface area contributed by atoms with Gasteiger partial charge in [0.25, 0.3) is 5.91 Å². The summed E-state index contributed by atoms with van der Waals surface area (Å²) in [6, 6.07) is 14.4. The molecule has 1 fully saturated rings. The zero-order chi connectivity index (χ0) is 21.6. The van der Waals surface area contributed by atoms with Crippen LogP contribution in [-0.2, 0) is 16.4 Å². The molecule has 0 aromatic heterocycles. The highest BCUT2D eigenvalue weighted by atomic mass is 32.2. The van der Waals surface area contributed by atoms with Crippen molar-refractivity contribution >= 4 is 15.7 Å². The topological polar surface area (TPSA) is 72.9 Å². The van der Waals surface area contributed by atoms with Crippen LogP contribution in [0.25, 0.3) is 0 Å². The second-order valence-electron chi connectivity index (χ2n) is 7.41. The lowest BCUT2D eigenvalue weighted by Gasteiger charge is -2.29. The minimum atomic E-state index is -3.13. The smallest absolute Gasteiger partial charge is 0.258 e. The van der Waals surface area contributed by atoms with E-state index in [2.05, 4.69) is 0 Å². The normalized spacial score (nSPS) is 17.5. The Bertz CT molecular complexity index is 956. The number of rotatable bonds is 9. The number of hydrogen-bond acceptors (Lipinski definition) is 5. The fourth-order valence-corrected chi connectivity index (χ4v) is 5.31. The van der Waals surface area contributed by atoms with E-state index in [1.165, 1.54) is 0 Å². The number of hydrogen-bond donors (Lipinski definition) is 0. The van der Waals surface area contributed by atoms with E-state index in [0.717, 1.165) is 17.7 Å². The number of benzene rings is 2. The molecule has 6 nitrogen and oxygen atoms in total. The second-order valence-corrected chi connectivity index (χ2v) is 9.64. The standard InChI is InChI=1S/C23H29NO5S/c1-3-14-29-22-8-6-5-7-21(22)23(25)24(19-13-15-30(26,27)17-19)16-18-9-11-20(12-10-18)28-4-2/h5-12,19H,3-4,13-17H2,1-2H3. The van der Waals surface area contributed by atoms with Gasteiger partial charge in [0.05, 0.1) is 30.3 Å². The minimum Gasteiger partial charge on any atom is -0.494 e. The number of carbonyl (C=O) groups excluding carboxylic acids is 1. The predicted molar refractivity (Wildman–Crippen MR) is 117 cm³/mol. The zero-order valence-corrected chi connectivity index (χ0v) is 18.4. The minimum absolute atomic E-state index is 0.00620. The first-order chi connectivity index (χ1) is 14.4. The first kappa shape index (κ1) is 22.2. The van der Waals surface area contributed by atoms with Gasteiger partial charge in [-0.25, -0.2) is 8.42 Å². The maximum Gasteiger partial charge on any atom is 0.258 e. The molecule has 0 spiro atoms. The molecule has 0 aliphatic carbocycles. The fourth-order valence-electron chi connectivity index (χ4n) is 3.58. The average molecular weight is 432 g/mol. The van der Waals surface area contributed by atoms with E-state index in [1.54, 1.807) is 23.1 Å². The molecule has 1 unspecified atom stereocenters. The van der Waals surface area contributed by atoms with Crippen molar-refractivity contribution in [3.05, 3.63) is 59.7 Å². The summed E-state index contributed by atoms with van der Waals surface area (Å²) in [5, 5.41) is 0. The van der Waals surface area contributed by atoms with Crippen LogP contribution in [0.15, 0.2) is 48.5 Å². The van der Waals surface area contributed by atoms with Gasteiger partial charge in [0, 0.05) is 12.6 Å². The van der Waals surface area contributed by atoms with Gasteiger partial charge in [0.15, 0.2) is 9.84 Å². The van der Waals surface area contributed by atoms with Crippen LogP contribution in [0.1, 0.15) is 42.6 Å². The Kier molecular flexibility index (Phi) is 7.37. The van der Waals surface area contributed by atoms with Crippen molar-refractivity contribution in [3.8, 4) is 11.5 Å². The maximum absolute atomic E-state index is 13.5. The SMILES string of the molecule is CCCOc1ccccc1C(=O)N(Cc1ccc(OCC)cc1)C1CCS(=O)(=O)C1. The van der Waals surface area contributed by atoms with Crippen molar-refractivity contribution in [2.75, 3.05) is 24.7 Å². The van der Waals surface area contributed by atoms with Gasteiger partial charge >= 0.3 is 0 Å². The van der Waals surface area contributed by atoms with Crippen molar-refractivity contribution in [1.29, 1.82) is 0 Å². The van der Waals surface area contributed by atoms with E-state index >= 15 is 0 Å². The molecule has 0 radical (unpaired) electrons. The highest BCUT2D eigenvalue weighted by Gasteiger charge is 2.35. The molecule has 162 valence electrons. The molecular weight excluding hydrogens is 402 g/mol. The predicted octanol–water partition coefficient (Wildman–Crippen LogP) is 3.70. The number of ether oxygens (including phenoxy) is 2. The summed E-state index contributed by atoms with van der Waals surface area (Å²) in [4.78, 5) is 15.2. The second kappa shape index (κ2) is 9.98. The Balaban J connectivity index is 1.89. The summed E-state index contributed by atoms with van der Waals surface area (Å²) in [6.07, 6.45) is 1.28. The van der Waals surface area contributed by atoms with Gasteiger partial charge in [0.2, 0.25) is 0 Å². The summed E-state index contributed by atoms with van der Waals surface area (Å²) in [5.41, 5.74) is 1.38. The van der Waals surface area contributed by atoms with Crippen molar-refractivity contribution in [2.24, 2.45) is 0 Å². The Morgan fingerprint density at radius 3 is 2.43 bits per heavy atom. The van der Waals surface area contributed by atoms with Crippen LogP contribution in [0.4, 0.5) is 0 Å². The Morgan fingerprint density at radius 2 is 1.80 bits per heavy atom. The third-order valence-corrected chi connectivity index (χ3v) is 6.83. The molecule has 7 heteroatoms. The zero-order valence-electron chi connectivity index (χ0n) is 17.5. The van der Waals surface area contributed by atoms with E-state index in [9.17, 15) is 13.2 Å². The van der Waals surface area contributed by atoms with Crippen LogP contribution < -0.4 is 9.47 Å². The van der Waals surface area contributed by atoms with Gasteiger partial charge in [-0.05, 0) is 49.6 Å². The largest absolute Gasteiger partial charge is 0.494 e. The fraction of sp³-hybridized carbons (Fsp3) is 0.435. The van der Waals surface area contributed by atoms with Gasteiger partial charge in [0.1, 0.15) is 11.5 Å². The first-order valence-corrected chi connectivity index (χ1v) is 12.2. The van der Waals surface area contributed by atoms with Gasteiger partial charge in [-0.2, -0.15) is 0 Å². The number of para-hydroxylation sites is 1. The van der Waals surface area contributed by atoms with E-state index in [0.29, 0.717) is 37.5 Å². The van der Waals surface area contributed by atoms with Crippen LogP contribution in [-0.4, -0.2) is 50.0 Å². The molecule has 1 aliphatic rings. The van der Waals surface area contributed by atoms with E-state index < -0.39 is 9.84 Å². The van der Waals surface area contributed by atoms with Gasteiger partial charge < -0.3 is 14.4 Å². The van der Waals surface area contributed by atoms with Crippen LogP contribution in [0.3, 0.4) is 0 Å². The van der Waals surface area contributed by atoms with Gasteiger partial charge in [-0.15, -0.1) is 0 Å². The molecule has 2 aromatic carbocycles. The molecule has 30 heavy (non-hydrogen) atoms. The van der Waals surface area contributed by atoms with Crippen LogP contribution >= 0.6 is 0 Å². The summed E-state index contributed by atoms with van der Waals surface area (Å²) >= 11 is 0. The summed E-state index contributed by atoms with van der Waals surface area (Å²) in [6.45, 7) is 5.35. The third kappa shape index (κ3) is 5.53. The summed E-state index contributed by atoms with van der Waals surface area (Å²) in [5.74, 6) is 1.19. The van der Waals surface area contributed by atoms with Gasteiger partial charge in [-0.3, -0.25) is 4.79 Å². The highest BCUT2D eigenvalue weighted by Crippen LogP contribution is 2.27. The number of carbonyl (C=O) groups is 1. The van der Waals surface area contributed by atoms with Crippen LogP contribution in [0.5, 0.6) is 11.5 Å². The lowest BCUT2D eigenvalue weighted by Crippen LogP contribution is -2.40. The molecule has 2 aromatic rings. The average Bonchev–Trinajstić information content (AvgIpc) is 3.11. The van der Waals surface area contributed by atoms with Crippen molar-refractivity contribution < 1.29 is 22.7 Å². The lowest BCUT2D eigenvalue weighted by atomic mass is 10.1. The molecular formula is C23H29NO5S. The number of nitrogens with zero attached hydrogens (tertiary/aromatic N) is 1. The monoisotopic (exact) mass is 431 g/mol.